The van der Waals surface area contributed by atoms with Crippen LogP contribution >= 0.6 is 28.3 Å². The Morgan fingerprint density at radius 1 is 1.03 bits per heavy atom. The van der Waals surface area contributed by atoms with Crippen LogP contribution in [-0.4, -0.2) is 28.8 Å². The molecule has 0 saturated carbocycles. The molecule has 8 heteroatoms. The number of alkyl carbamates (subject to hydrolysis) is 1. The van der Waals surface area contributed by atoms with Gasteiger partial charge in [0.1, 0.15) is 11.2 Å². The van der Waals surface area contributed by atoms with E-state index in [2.05, 4.69) is 38.4 Å². The highest BCUT2D eigenvalue weighted by Gasteiger charge is 2.29. The lowest BCUT2D eigenvalue weighted by atomic mass is 9.98. The molecule has 0 saturated heterocycles. The summed E-state index contributed by atoms with van der Waals surface area (Å²) < 4.78 is 6.15. The Morgan fingerprint density at radius 2 is 1.65 bits per heavy atom. The molecule has 1 aromatic heterocycles. The number of nitrogens with one attached hydrogen (secondary N) is 1. The van der Waals surface area contributed by atoms with Crippen LogP contribution in [0.2, 0.25) is 0 Å². The van der Waals surface area contributed by atoms with Crippen molar-refractivity contribution in [1.29, 1.82) is 0 Å². The van der Waals surface area contributed by atoms with Gasteiger partial charge >= 0.3 is 12.1 Å². The van der Waals surface area contributed by atoms with Crippen molar-refractivity contribution in [3.63, 3.8) is 0 Å². The Kier molecular flexibility index (Phi) is 7.30. The summed E-state index contributed by atoms with van der Waals surface area (Å²) in [6, 6.07) is 18.8. The number of carboxylic acid groups (broad SMARTS) is 1. The Hall–Kier alpha value is -2.90. The fraction of sp³-hybridized carbons (Fsp3) is 0.174. The van der Waals surface area contributed by atoms with Crippen molar-refractivity contribution < 1.29 is 19.4 Å². The lowest BCUT2D eigenvalue weighted by Crippen LogP contribution is -2.31. The molecule has 2 N–H and O–H groups in total. The van der Waals surface area contributed by atoms with Gasteiger partial charge in [0.15, 0.2) is 0 Å². The Balaban J connectivity index is 0.00000272. The van der Waals surface area contributed by atoms with E-state index in [1.807, 2.05) is 36.4 Å². The lowest BCUT2D eigenvalue weighted by Gasteiger charge is -2.19. The van der Waals surface area contributed by atoms with E-state index in [1.165, 1.54) is 6.20 Å². The number of nitrogens with zero attached hydrogens (tertiary/aromatic N) is 1. The van der Waals surface area contributed by atoms with Gasteiger partial charge in [-0.1, -0.05) is 54.6 Å². The molecule has 0 bridgehead atoms. The van der Waals surface area contributed by atoms with E-state index in [0.29, 0.717) is 10.2 Å². The molecule has 1 amide bonds. The van der Waals surface area contributed by atoms with E-state index in [9.17, 15) is 14.7 Å². The average molecular weight is 504 g/mol. The van der Waals surface area contributed by atoms with Crippen molar-refractivity contribution in [2.75, 3.05) is 6.61 Å². The molecule has 31 heavy (non-hydrogen) atoms. The first-order chi connectivity index (χ1) is 14.5. The smallest absolute Gasteiger partial charge is 0.407 e. The summed E-state index contributed by atoms with van der Waals surface area (Å²) in [5.74, 6) is -1.09. The number of aliphatic carboxylic acids is 1. The molecule has 1 heterocycles. The Morgan fingerprint density at radius 3 is 2.19 bits per heavy atom. The lowest BCUT2D eigenvalue weighted by molar-refractivity contribution is -0.137. The summed E-state index contributed by atoms with van der Waals surface area (Å²) in [7, 11) is 0. The van der Waals surface area contributed by atoms with Crippen molar-refractivity contribution >= 4 is 40.4 Å². The van der Waals surface area contributed by atoms with Crippen molar-refractivity contribution in [3.05, 3.63) is 88.2 Å². The molecule has 3 aromatic rings. The summed E-state index contributed by atoms with van der Waals surface area (Å²) in [5.41, 5.74) is 5.11. The number of fused-ring (bicyclic) bond motifs is 3. The molecule has 1 aliphatic rings. The standard InChI is InChI=1S/C23H19BrN2O4.ClH/c24-21-10-9-14(12-25-21)20(11-22(27)28)26-23(29)30-13-19-17-7-3-1-5-15(17)16-6-2-4-8-18(16)19;/h1-10,12,19-20H,11,13H2,(H,26,29)(H,27,28);1H. The Labute approximate surface area is 194 Å². The first-order valence-electron chi connectivity index (χ1n) is 9.47. The van der Waals surface area contributed by atoms with Crippen molar-refractivity contribution in [2.24, 2.45) is 0 Å². The van der Waals surface area contributed by atoms with Gasteiger partial charge in [-0.3, -0.25) is 4.79 Å². The predicted molar refractivity (Wildman–Crippen MR) is 122 cm³/mol. The number of carbonyl (C=O) groups is 2. The molecule has 0 aliphatic heterocycles. The van der Waals surface area contributed by atoms with Gasteiger partial charge in [0.05, 0.1) is 12.5 Å². The molecule has 1 aliphatic carbocycles. The number of benzene rings is 2. The van der Waals surface area contributed by atoms with Crippen LogP contribution in [-0.2, 0) is 9.53 Å². The van der Waals surface area contributed by atoms with Crippen LogP contribution < -0.4 is 5.32 Å². The highest BCUT2D eigenvalue weighted by atomic mass is 79.9. The predicted octanol–water partition coefficient (Wildman–Crippen LogP) is 5.32. The van der Waals surface area contributed by atoms with Crippen molar-refractivity contribution in [2.45, 2.75) is 18.4 Å². The summed E-state index contributed by atoms with van der Waals surface area (Å²) >= 11 is 3.25. The average Bonchev–Trinajstić information content (AvgIpc) is 3.06. The van der Waals surface area contributed by atoms with Gasteiger partial charge in [0.25, 0.3) is 0 Å². The van der Waals surface area contributed by atoms with E-state index >= 15 is 0 Å². The van der Waals surface area contributed by atoms with E-state index < -0.39 is 18.1 Å². The number of ether oxygens (including phenoxy) is 1. The molecule has 4 rings (SSSR count). The zero-order chi connectivity index (χ0) is 21.1. The van der Waals surface area contributed by atoms with Gasteiger partial charge in [0, 0.05) is 12.1 Å². The molecule has 1 unspecified atom stereocenters. The summed E-state index contributed by atoms with van der Waals surface area (Å²) in [5, 5.41) is 11.9. The molecule has 6 nitrogen and oxygen atoms in total. The monoisotopic (exact) mass is 502 g/mol. The molecule has 1 atom stereocenters. The third-order valence-corrected chi connectivity index (χ3v) is 5.64. The summed E-state index contributed by atoms with van der Waals surface area (Å²) in [6.07, 6.45) is 0.598. The second-order valence-electron chi connectivity index (χ2n) is 7.03. The third kappa shape index (κ3) is 5.06. The zero-order valence-electron chi connectivity index (χ0n) is 16.3. The largest absolute Gasteiger partial charge is 0.481 e. The van der Waals surface area contributed by atoms with Crippen molar-refractivity contribution in [1.82, 2.24) is 10.3 Å². The summed E-state index contributed by atoms with van der Waals surface area (Å²) in [4.78, 5) is 27.9. The second-order valence-corrected chi connectivity index (χ2v) is 7.85. The molecule has 160 valence electrons. The second kappa shape index (κ2) is 9.94. The number of carboxylic acids is 1. The third-order valence-electron chi connectivity index (χ3n) is 5.17. The minimum absolute atomic E-state index is 0. The number of hydrogen-bond acceptors (Lipinski definition) is 4. The highest BCUT2D eigenvalue weighted by Crippen LogP contribution is 2.44. The molecular formula is C23H20BrClN2O4. The van der Waals surface area contributed by atoms with E-state index in [1.54, 1.807) is 12.1 Å². The molecule has 0 spiro atoms. The van der Waals surface area contributed by atoms with Gasteiger partial charge < -0.3 is 15.2 Å². The minimum atomic E-state index is -1.03. The van der Waals surface area contributed by atoms with Gasteiger partial charge in [-0.2, -0.15) is 0 Å². The minimum Gasteiger partial charge on any atom is -0.481 e. The van der Waals surface area contributed by atoms with Gasteiger partial charge in [-0.25, -0.2) is 9.78 Å². The molecule has 0 radical (unpaired) electrons. The van der Waals surface area contributed by atoms with E-state index in [-0.39, 0.29) is 31.4 Å². The van der Waals surface area contributed by atoms with Crippen LogP contribution in [0.15, 0.2) is 71.5 Å². The maximum Gasteiger partial charge on any atom is 0.407 e. The normalized spacial score (nSPS) is 12.8. The van der Waals surface area contributed by atoms with Crippen LogP contribution in [0.5, 0.6) is 0 Å². The van der Waals surface area contributed by atoms with Crippen LogP contribution in [0, 0.1) is 0 Å². The van der Waals surface area contributed by atoms with E-state index in [0.717, 1.165) is 22.3 Å². The first-order valence-corrected chi connectivity index (χ1v) is 10.3. The number of halogens is 2. The van der Waals surface area contributed by atoms with Gasteiger partial charge in [-0.05, 0) is 49.8 Å². The fourth-order valence-corrected chi connectivity index (χ4v) is 4.04. The van der Waals surface area contributed by atoms with E-state index in [4.69, 9.17) is 4.74 Å². The SMILES string of the molecule is Cl.O=C(O)CC(NC(=O)OCC1c2ccccc2-c2ccccc21)c1ccc(Br)nc1. The zero-order valence-corrected chi connectivity index (χ0v) is 18.7. The van der Waals surface area contributed by atoms with Gasteiger partial charge in [0.2, 0.25) is 0 Å². The molecule has 0 fully saturated rings. The van der Waals surface area contributed by atoms with Crippen LogP contribution in [0.25, 0.3) is 11.1 Å². The van der Waals surface area contributed by atoms with Crippen LogP contribution in [0.4, 0.5) is 4.79 Å². The molecule has 2 aromatic carbocycles. The highest BCUT2D eigenvalue weighted by molar-refractivity contribution is 9.10. The number of carbonyl (C=O) groups excluding carboxylic acids is 1. The number of pyridine rings is 1. The number of amides is 1. The summed E-state index contributed by atoms with van der Waals surface area (Å²) in [6.45, 7) is 0.165. The number of rotatable bonds is 6. The molecular weight excluding hydrogens is 484 g/mol. The quantitative estimate of drug-likeness (QED) is 0.445. The van der Waals surface area contributed by atoms with Gasteiger partial charge in [-0.15, -0.1) is 12.4 Å². The van der Waals surface area contributed by atoms with Crippen LogP contribution in [0.1, 0.15) is 35.1 Å². The fourth-order valence-electron chi connectivity index (χ4n) is 3.80. The van der Waals surface area contributed by atoms with Crippen LogP contribution in [0.3, 0.4) is 0 Å². The maximum absolute atomic E-state index is 12.5. The number of hydrogen-bond donors (Lipinski definition) is 2. The maximum atomic E-state index is 12.5. The Bertz CT molecular complexity index is 1050. The first kappa shape index (κ1) is 22.8. The number of aromatic nitrogens is 1. The topological polar surface area (TPSA) is 88.5 Å². The van der Waals surface area contributed by atoms with Crippen molar-refractivity contribution in [3.8, 4) is 11.1 Å².